The van der Waals surface area contributed by atoms with Crippen LogP contribution < -0.4 is 0 Å². The van der Waals surface area contributed by atoms with E-state index < -0.39 is 0 Å². The summed E-state index contributed by atoms with van der Waals surface area (Å²) in [6, 6.07) is 19.0. The lowest BCUT2D eigenvalue weighted by molar-refractivity contribution is 0.246. The summed E-state index contributed by atoms with van der Waals surface area (Å²) in [4.78, 5) is 0. The normalized spacial score (nSPS) is 14.0. The molecule has 1 N–H and O–H groups in total. The van der Waals surface area contributed by atoms with E-state index in [0.717, 1.165) is 24.2 Å². The molecule has 0 saturated carbocycles. The van der Waals surface area contributed by atoms with Gasteiger partial charge in [0, 0.05) is 0 Å². The highest BCUT2D eigenvalue weighted by Gasteiger charge is 2.21. The van der Waals surface area contributed by atoms with E-state index in [1.807, 2.05) is 12.1 Å². The first-order chi connectivity index (χ1) is 17.7. The van der Waals surface area contributed by atoms with Gasteiger partial charge in [-0.15, -0.1) is 0 Å². The van der Waals surface area contributed by atoms with Crippen molar-refractivity contribution < 1.29 is 5.11 Å². The Bertz CT molecular complexity index is 767. The lowest BCUT2D eigenvalue weighted by Crippen LogP contribution is -2.16. The van der Waals surface area contributed by atoms with Crippen LogP contribution in [0.15, 0.2) is 54.6 Å². The lowest BCUT2D eigenvalue weighted by atomic mass is 9.77. The third kappa shape index (κ3) is 12.5. The third-order valence-electron chi connectivity index (χ3n) is 8.47. The van der Waals surface area contributed by atoms with Gasteiger partial charge in [-0.25, -0.2) is 0 Å². The van der Waals surface area contributed by atoms with Gasteiger partial charge in [-0.1, -0.05) is 140 Å². The molecular weight excluding hydrogens is 436 g/mol. The van der Waals surface area contributed by atoms with Gasteiger partial charge in [0.05, 0.1) is 0 Å². The van der Waals surface area contributed by atoms with Gasteiger partial charge in [-0.3, -0.25) is 0 Å². The van der Waals surface area contributed by atoms with Gasteiger partial charge < -0.3 is 5.11 Å². The number of aromatic hydroxyl groups is 1. The zero-order valence-corrected chi connectivity index (χ0v) is 23.9. The number of phenolic OH excluding ortho intramolecular Hbond substituents is 1. The van der Waals surface area contributed by atoms with Gasteiger partial charge in [0.1, 0.15) is 5.75 Å². The van der Waals surface area contributed by atoms with Crippen molar-refractivity contribution >= 4 is 0 Å². The molecule has 0 aliphatic carbocycles. The maximum Gasteiger partial charge on any atom is 0.115 e. The number of unbranched alkanes of at least 4 members (excludes halogenated alkanes) is 8. The number of aryl methyl sites for hydroxylation is 1. The highest BCUT2D eigenvalue weighted by Crippen LogP contribution is 2.35. The summed E-state index contributed by atoms with van der Waals surface area (Å²) < 4.78 is 0. The van der Waals surface area contributed by atoms with Crippen LogP contribution in [-0.4, -0.2) is 5.11 Å². The second-order valence-electron chi connectivity index (χ2n) is 11.2. The Morgan fingerprint density at radius 2 is 1.25 bits per heavy atom. The summed E-state index contributed by atoms with van der Waals surface area (Å²) in [5.74, 6) is 2.94. The molecule has 36 heavy (non-hydrogen) atoms. The molecule has 2 aromatic rings. The fourth-order valence-electron chi connectivity index (χ4n) is 6.12. The number of phenols is 1. The van der Waals surface area contributed by atoms with Crippen molar-refractivity contribution in [3.63, 3.8) is 0 Å². The number of hydrogen-bond donors (Lipinski definition) is 1. The predicted molar refractivity (Wildman–Crippen MR) is 159 cm³/mol. The smallest absolute Gasteiger partial charge is 0.115 e. The first-order valence-electron chi connectivity index (χ1n) is 15.5. The zero-order valence-electron chi connectivity index (χ0n) is 23.9. The van der Waals surface area contributed by atoms with Crippen LogP contribution in [0, 0.1) is 11.8 Å². The molecule has 2 aromatic carbocycles. The van der Waals surface area contributed by atoms with Crippen LogP contribution in [0.2, 0.25) is 0 Å². The minimum atomic E-state index is 0.396. The van der Waals surface area contributed by atoms with E-state index in [-0.39, 0.29) is 0 Å². The van der Waals surface area contributed by atoms with Crippen molar-refractivity contribution in [2.24, 2.45) is 11.8 Å². The first-order valence-corrected chi connectivity index (χ1v) is 15.5. The summed E-state index contributed by atoms with van der Waals surface area (Å²) in [5.41, 5.74) is 2.81. The monoisotopic (exact) mass is 492 g/mol. The SMILES string of the molecule is CCCCCCC(CCCCCCCCc1cccc(O)c1)C(CC)CCC(CC)c1ccccc1. The summed E-state index contributed by atoms with van der Waals surface area (Å²) in [6.45, 7) is 7.13. The Labute approximate surface area is 224 Å². The molecule has 1 nitrogen and oxygen atoms in total. The van der Waals surface area contributed by atoms with Gasteiger partial charge in [0.15, 0.2) is 0 Å². The van der Waals surface area contributed by atoms with Crippen molar-refractivity contribution in [3.8, 4) is 5.75 Å². The van der Waals surface area contributed by atoms with Crippen LogP contribution in [0.4, 0.5) is 0 Å². The largest absolute Gasteiger partial charge is 0.508 e. The van der Waals surface area contributed by atoms with Crippen LogP contribution >= 0.6 is 0 Å². The molecule has 0 aliphatic rings. The van der Waals surface area contributed by atoms with Crippen LogP contribution in [0.5, 0.6) is 5.75 Å². The van der Waals surface area contributed by atoms with Gasteiger partial charge in [0.2, 0.25) is 0 Å². The highest BCUT2D eigenvalue weighted by molar-refractivity contribution is 5.27. The van der Waals surface area contributed by atoms with E-state index in [0.29, 0.717) is 5.75 Å². The van der Waals surface area contributed by atoms with Gasteiger partial charge in [-0.05, 0) is 73.1 Å². The van der Waals surface area contributed by atoms with Gasteiger partial charge >= 0.3 is 0 Å². The molecule has 2 rings (SSSR count). The zero-order chi connectivity index (χ0) is 25.8. The van der Waals surface area contributed by atoms with Gasteiger partial charge in [-0.2, -0.15) is 0 Å². The Morgan fingerprint density at radius 1 is 0.583 bits per heavy atom. The fraction of sp³-hybridized carbons (Fsp3) is 0.657. The Kier molecular flexibility index (Phi) is 16.4. The topological polar surface area (TPSA) is 20.2 Å². The van der Waals surface area contributed by atoms with Crippen LogP contribution in [0.3, 0.4) is 0 Å². The molecule has 0 aromatic heterocycles. The molecule has 0 fully saturated rings. The molecule has 0 bridgehead atoms. The molecule has 3 unspecified atom stereocenters. The standard InChI is InChI=1S/C35H56O/c1-4-7-8-15-22-33(31(5-2)27-28-32(6-3)34-24-17-13-18-25-34)23-16-12-10-9-11-14-20-30-21-19-26-35(36)29-30/h13,17-19,21,24-26,29,31-33,36H,4-12,14-16,20,22-23,27-28H2,1-3H3. The fourth-order valence-corrected chi connectivity index (χ4v) is 6.12. The molecule has 0 radical (unpaired) electrons. The van der Waals surface area contributed by atoms with E-state index in [1.165, 1.54) is 108 Å². The van der Waals surface area contributed by atoms with E-state index >= 15 is 0 Å². The van der Waals surface area contributed by atoms with Crippen molar-refractivity contribution in [3.05, 3.63) is 65.7 Å². The van der Waals surface area contributed by atoms with E-state index in [2.05, 4.69) is 57.2 Å². The van der Waals surface area contributed by atoms with Crippen molar-refractivity contribution in [2.75, 3.05) is 0 Å². The first kappa shape index (κ1) is 30.5. The number of rotatable bonds is 21. The van der Waals surface area contributed by atoms with E-state index in [4.69, 9.17) is 0 Å². The predicted octanol–water partition coefficient (Wildman–Crippen LogP) is 11.3. The van der Waals surface area contributed by atoms with Crippen LogP contribution in [-0.2, 0) is 6.42 Å². The minimum absolute atomic E-state index is 0.396. The maximum absolute atomic E-state index is 9.62. The second kappa shape index (κ2) is 19.4. The highest BCUT2D eigenvalue weighted by atomic mass is 16.3. The molecule has 0 heterocycles. The molecular formula is C35H56O. The van der Waals surface area contributed by atoms with E-state index in [9.17, 15) is 5.11 Å². The maximum atomic E-state index is 9.62. The van der Waals surface area contributed by atoms with Gasteiger partial charge in [0.25, 0.3) is 0 Å². The van der Waals surface area contributed by atoms with Crippen molar-refractivity contribution in [2.45, 2.75) is 136 Å². The molecule has 0 spiro atoms. The minimum Gasteiger partial charge on any atom is -0.508 e. The van der Waals surface area contributed by atoms with Crippen LogP contribution in [0.1, 0.15) is 141 Å². The summed E-state index contributed by atoms with van der Waals surface area (Å²) >= 11 is 0. The van der Waals surface area contributed by atoms with Crippen molar-refractivity contribution in [1.29, 1.82) is 0 Å². The molecule has 3 atom stereocenters. The molecule has 0 saturated heterocycles. The Morgan fingerprint density at radius 3 is 1.89 bits per heavy atom. The summed E-state index contributed by atoms with van der Waals surface area (Å²) in [6.07, 6.45) is 23.0. The van der Waals surface area contributed by atoms with Crippen molar-refractivity contribution in [1.82, 2.24) is 0 Å². The molecule has 0 aliphatic heterocycles. The molecule has 202 valence electrons. The number of benzene rings is 2. The lowest BCUT2D eigenvalue weighted by Gasteiger charge is -2.28. The quantitative estimate of drug-likeness (QED) is 0.172. The summed E-state index contributed by atoms with van der Waals surface area (Å²) in [5, 5.41) is 9.62. The Balaban J connectivity index is 1.73. The second-order valence-corrected chi connectivity index (χ2v) is 11.2. The molecule has 0 amide bonds. The summed E-state index contributed by atoms with van der Waals surface area (Å²) in [7, 11) is 0. The molecule has 1 heteroatoms. The Hall–Kier alpha value is -1.76. The average molecular weight is 493 g/mol. The average Bonchev–Trinajstić information content (AvgIpc) is 2.90. The third-order valence-corrected chi connectivity index (χ3v) is 8.47. The number of hydrogen-bond acceptors (Lipinski definition) is 1. The van der Waals surface area contributed by atoms with E-state index in [1.54, 1.807) is 11.6 Å². The van der Waals surface area contributed by atoms with Crippen LogP contribution in [0.25, 0.3) is 0 Å².